The topological polar surface area (TPSA) is 51.2 Å². The van der Waals surface area contributed by atoms with Crippen molar-refractivity contribution >= 4 is 46.7 Å². The van der Waals surface area contributed by atoms with E-state index in [1.165, 1.54) is 18.2 Å². The van der Waals surface area contributed by atoms with Crippen LogP contribution in [0.1, 0.15) is 43.0 Å². The van der Waals surface area contributed by atoms with Crippen LogP contribution in [0.5, 0.6) is 0 Å². The molecule has 30 heavy (non-hydrogen) atoms. The van der Waals surface area contributed by atoms with Crippen LogP contribution in [-0.2, 0) is 4.57 Å². The van der Waals surface area contributed by atoms with Gasteiger partial charge in [-0.25, -0.2) is 0 Å². The summed E-state index contributed by atoms with van der Waals surface area (Å²) in [6.45, 7) is 7.20. The minimum absolute atomic E-state index is 0.0666. The lowest BCUT2D eigenvalue weighted by Gasteiger charge is -2.20. The first kappa shape index (κ1) is 22.5. The molecular weight excluding hydrogens is 438 g/mol. The molecule has 0 saturated heterocycles. The maximum atomic E-state index is 14.4. The van der Waals surface area contributed by atoms with Crippen molar-refractivity contribution in [3.63, 3.8) is 0 Å². The van der Waals surface area contributed by atoms with Crippen molar-refractivity contribution in [3.8, 4) is 0 Å². The molecule has 0 aliphatic carbocycles. The molecule has 0 fully saturated rings. The van der Waals surface area contributed by atoms with Crippen LogP contribution in [0, 0.1) is 27.7 Å². The molecule has 3 nitrogen and oxygen atoms in total. The van der Waals surface area contributed by atoms with Gasteiger partial charge in [-0.3, -0.25) is 9.59 Å². The summed E-state index contributed by atoms with van der Waals surface area (Å²) in [6, 6.07) is 15.0. The zero-order valence-corrected chi connectivity index (χ0v) is 19.5. The van der Waals surface area contributed by atoms with Crippen molar-refractivity contribution in [3.05, 3.63) is 98.0 Å². The fourth-order valence-corrected chi connectivity index (χ4v) is 6.78. The second kappa shape index (κ2) is 8.51. The Morgan fingerprint density at radius 3 is 1.83 bits per heavy atom. The van der Waals surface area contributed by atoms with E-state index < -0.39 is 18.2 Å². The Morgan fingerprint density at radius 2 is 1.27 bits per heavy atom. The van der Waals surface area contributed by atoms with Crippen molar-refractivity contribution in [2.24, 2.45) is 0 Å². The Morgan fingerprint density at radius 1 is 0.733 bits per heavy atom. The monoisotopic (exact) mass is 458 g/mol. The zero-order valence-electron chi connectivity index (χ0n) is 17.1. The average molecular weight is 459 g/mol. The normalized spacial score (nSPS) is 13.0. The number of aryl methyl sites for hydroxylation is 4. The highest BCUT2D eigenvalue weighted by molar-refractivity contribution is 8.01. The van der Waals surface area contributed by atoms with E-state index in [0.717, 1.165) is 5.56 Å². The molecule has 0 aliphatic heterocycles. The van der Waals surface area contributed by atoms with E-state index >= 15 is 0 Å². The van der Waals surface area contributed by atoms with E-state index in [1.807, 2.05) is 19.1 Å². The molecule has 0 N–H and O–H groups in total. The van der Waals surface area contributed by atoms with Gasteiger partial charge in [0, 0.05) is 10.9 Å². The van der Waals surface area contributed by atoms with Gasteiger partial charge in [-0.15, -0.1) is 0 Å². The molecule has 0 aliphatic rings. The predicted molar refractivity (Wildman–Crippen MR) is 124 cm³/mol. The summed E-state index contributed by atoms with van der Waals surface area (Å²) in [5, 5.41) is 0.332. The third-order valence-corrected chi connectivity index (χ3v) is 8.50. The molecule has 3 rings (SSSR count). The lowest BCUT2D eigenvalue weighted by atomic mass is 10.0. The van der Waals surface area contributed by atoms with E-state index in [9.17, 15) is 14.2 Å². The van der Waals surface area contributed by atoms with E-state index in [-0.39, 0.29) is 20.9 Å². The van der Waals surface area contributed by atoms with Crippen LogP contribution in [-0.4, -0.2) is 11.0 Å². The van der Waals surface area contributed by atoms with Crippen molar-refractivity contribution in [1.29, 1.82) is 0 Å². The Balaban J connectivity index is 2.33. The summed E-state index contributed by atoms with van der Waals surface area (Å²) in [5.74, 6) is 0. The minimum atomic E-state index is -4.29. The highest BCUT2D eigenvalue weighted by Crippen LogP contribution is 2.53. The largest absolute Gasteiger partial charge is 0.302 e. The van der Waals surface area contributed by atoms with Crippen molar-refractivity contribution < 1.29 is 14.2 Å². The Hall–Kier alpha value is -2.19. The van der Waals surface area contributed by atoms with Crippen LogP contribution in [0.3, 0.4) is 0 Å². The second-order valence-electron chi connectivity index (χ2n) is 7.38. The summed E-state index contributed by atoms with van der Waals surface area (Å²) >= 11 is 12.7. The number of carbonyl (C=O) groups excluding carboxylic acids is 2. The molecule has 0 amide bonds. The Bertz CT molecular complexity index is 1190. The van der Waals surface area contributed by atoms with Gasteiger partial charge in [0.1, 0.15) is 0 Å². The lowest BCUT2D eigenvalue weighted by molar-refractivity contribution is 0.104. The molecule has 0 spiro atoms. The average Bonchev–Trinajstić information content (AvgIpc) is 2.70. The molecule has 0 aromatic heterocycles. The first-order valence-electron chi connectivity index (χ1n) is 9.37. The standard InChI is InChI=1S/C24H21Cl2O3P/c1-14-12-16(3)20(17(4)13-14)23(27)30(29,18-8-6-5-7-9-18)24(28)21-19(25)11-10-15(2)22(21)26/h5-13H,1-4H3. The highest BCUT2D eigenvalue weighted by Gasteiger charge is 2.45. The molecule has 154 valence electrons. The van der Waals surface area contributed by atoms with E-state index in [0.29, 0.717) is 22.3 Å². The second-order valence-corrected chi connectivity index (χ2v) is 10.7. The van der Waals surface area contributed by atoms with Gasteiger partial charge in [0.05, 0.1) is 15.6 Å². The van der Waals surface area contributed by atoms with E-state index in [1.54, 1.807) is 45.0 Å². The Labute approximate surface area is 186 Å². The Kier molecular flexibility index (Phi) is 6.38. The van der Waals surface area contributed by atoms with Gasteiger partial charge in [-0.1, -0.05) is 77.3 Å². The van der Waals surface area contributed by atoms with Crippen molar-refractivity contribution in [1.82, 2.24) is 0 Å². The SMILES string of the molecule is Cc1cc(C)c(C(=O)P(=O)(C(=O)c2c(Cl)ccc(C)c2Cl)c2ccccc2)c(C)c1. The highest BCUT2D eigenvalue weighted by atomic mass is 35.5. The summed E-state index contributed by atoms with van der Waals surface area (Å²) in [6.07, 6.45) is 0. The summed E-state index contributed by atoms with van der Waals surface area (Å²) in [5.41, 5.74) is 1.58. The molecule has 6 heteroatoms. The third-order valence-electron chi connectivity index (χ3n) is 5.08. The smallest absolute Gasteiger partial charge is 0.248 e. The van der Waals surface area contributed by atoms with Gasteiger partial charge < -0.3 is 4.57 Å². The predicted octanol–water partition coefficient (Wildman–Crippen LogP) is 6.90. The van der Waals surface area contributed by atoms with Gasteiger partial charge in [0.2, 0.25) is 18.2 Å². The zero-order chi connectivity index (χ0) is 22.2. The lowest BCUT2D eigenvalue weighted by Crippen LogP contribution is -2.22. The number of hydrogen-bond acceptors (Lipinski definition) is 3. The minimum Gasteiger partial charge on any atom is -0.302 e. The van der Waals surface area contributed by atoms with Crippen molar-refractivity contribution in [2.45, 2.75) is 27.7 Å². The van der Waals surface area contributed by atoms with Crippen LogP contribution < -0.4 is 5.30 Å². The van der Waals surface area contributed by atoms with Crippen LogP contribution in [0.4, 0.5) is 0 Å². The quantitative estimate of drug-likeness (QED) is 0.390. The van der Waals surface area contributed by atoms with Crippen LogP contribution in [0.25, 0.3) is 0 Å². The summed E-state index contributed by atoms with van der Waals surface area (Å²) in [7, 11) is -4.29. The van der Waals surface area contributed by atoms with Gasteiger partial charge >= 0.3 is 0 Å². The number of halogens is 2. The first-order chi connectivity index (χ1) is 14.1. The maximum absolute atomic E-state index is 14.4. The first-order valence-corrected chi connectivity index (χ1v) is 11.8. The molecule has 0 saturated carbocycles. The molecular formula is C24H21Cl2O3P. The molecule has 1 unspecified atom stereocenters. The summed E-state index contributed by atoms with van der Waals surface area (Å²) < 4.78 is 14.4. The van der Waals surface area contributed by atoms with Crippen LogP contribution in [0.2, 0.25) is 10.0 Å². The molecule has 0 heterocycles. The van der Waals surface area contributed by atoms with Crippen LogP contribution in [0.15, 0.2) is 54.6 Å². The van der Waals surface area contributed by atoms with Gasteiger partial charge in [0.25, 0.3) is 0 Å². The molecule has 3 aromatic carbocycles. The van der Waals surface area contributed by atoms with Crippen molar-refractivity contribution in [2.75, 3.05) is 0 Å². The fraction of sp³-hybridized carbons (Fsp3) is 0.167. The van der Waals surface area contributed by atoms with Gasteiger partial charge in [-0.2, -0.15) is 0 Å². The molecule has 1 atom stereocenters. The number of carbonyl (C=O) groups is 2. The molecule has 3 aromatic rings. The maximum Gasteiger partial charge on any atom is 0.248 e. The van der Waals surface area contributed by atoms with Crippen LogP contribution >= 0.6 is 30.3 Å². The molecule has 0 bridgehead atoms. The summed E-state index contributed by atoms with van der Waals surface area (Å²) in [4.78, 5) is 27.5. The van der Waals surface area contributed by atoms with E-state index in [4.69, 9.17) is 23.2 Å². The third kappa shape index (κ3) is 3.78. The number of hydrogen-bond donors (Lipinski definition) is 0. The van der Waals surface area contributed by atoms with E-state index in [2.05, 4.69) is 0 Å². The van der Waals surface area contributed by atoms with Gasteiger partial charge in [0.15, 0.2) is 0 Å². The number of rotatable bonds is 5. The number of benzene rings is 3. The van der Waals surface area contributed by atoms with Gasteiger partial charge in [-0.05, 0) is 50.5 Å². The molecule has 0 radical (unpaired) electrons. The fourth-order valence-electron chi connectivity index (χ4n) is 3.65.